The third-order valence-electron chi connectivity index (χ3n) is 3.54. The number of carbonyl (C=O) groups is 1. The highest BCUT2D eigenvalue weighted by atomic mass is 16.5. The maximum absolute atomic E-state index is 12.1. The first-order valence-corrected chi connectivity index (χ1v) is 6.93. The molecule has 0 spiro atoms. The third kappa shape index (κ3) is 3.70. The van der Waals surface area contributed by atoms with E-state index >= 15 is 0 Å². The summed E-state index contributed by atoms with van der Waals surface area (Å²) in [7, 11) is 0. The molecule has 0 radical (unpaired) electrons. The number of hydrogen-bond acceptors (Lipinski definition) is 3. The van der Waals surface area contributed by atoms with Crippen molar-refractivity contribution in [2.45, 2.75) is 32.9 Å². The second kappa shape index (κ2) is 6.57. The highest BCUT2D eigenvalue weighted by Gasteiger charge is 2.28. The number of amides is 1. The molecular weight excluding hydrogens is 240 g/mol. The summed E-state index contributed by atoms with van der Waals surface area (Å²) in [6.07, 6.45) is 0.923. The summed E-state index contributed by atoms with van der Waals surface area (Å²) in [4.78, 5) is 12.1. The Morgan fingerprint density at radius 1 is 1.53 bits per heavy atom. The maximum atomic E-state index is 12.1. The van der Waals surface area contributed by atoms with Crippen LogP contribution < -0.4 is 15.4 Å². The van der Waals surface area contributed by atoms with Crippen LogP contribution >= 0.6 is 0 Å². The van der Waals surface area contributed by atoms with Crippen LogP contribution in [-0.4, -0.2) is 25.1 Å². The summed E-state index contributed by atoms with van der Waals surface area (Å²) >= 11 is 0. The molecule has 0 saturated carbocycles. The van der Waals surface area contributed by atoms with Gasteiger partial charge in [-0.1, -0.05) is 12.1 Å². The molecule has 2 rings (SSSR count). The van der Waals surface area contributed by atoms with E-state index in [4.69, 9.17) is 4.74 Å². The Balaban J connectivity index is 1.87. The zero-order valence-electron chi connectivity index (χ0n) is 11.6. The molecule has 1 amide bonds. The van der Waals surface area contributed by atoms with Gasteiger partial charge in [-0.05, 0) is 44.5 Å². The van der Waals surface area contributed by atoms with Crippen LogP contribution in [0.5, 0.6) is 5.75 Å². The molecule has 1 aliphatic rings. The van der Waals surface area contributed by atoms with Gasteiger partial charge in [0.1, 0.15) is 5.75 Å². The highest BCUT2D eigenvalue weighted by molar-refractivity contribution is 5.79. The zero-order chi connectivity index (χ0) is 13.7. The molecule has 4 nitrogen and oxygen atoms in total. The summed E-state index contributed by atoms with van der Waals surface area (Å²) in [5.41, 5.74) is 1.07. The second-order valence-corrected chi connectivity index (χ2v) is 4.94. The smallest absolute Gasteiger partial charge is 0.224 e. The van der Waals surface area contributed by atoms with Crippen LogP contribution in [0.4, 0.5) is 0 Å². The van der Waals surface area contributed by atoms with Gasteiger partial charge in [0.2, 0.25) is 5.91 Å². The number of rotatable bonds is 5. The third-order valence-corrected chi connectivity index (χ3v) is 3.54. The fraction of sp³-hybridized carbons (Fsp3) is 0.533. The van der Waals surface area contributed by atoms with Crippen molar-refractivity contribution in [3.8, 4) is 5.75 Å². The average molecular weight is 262 g/mol. The molecule has 1 aromatic carbocycles. The first kappa shape index (κ1) is 13.9. The van der Waals surface area contributed by atoms with Gasteiger partial charge in [0, 0.05) is 12.6 Å². The molecule has 1 heterocycles. The predicted molar refractivity (Wildman–Crippen MR) is 75.0 cm³/mol. The minimum atomic E-state index is 0.0927. The zero-order valence-corrected chi connectivity index (χ0v) is 11.6. The van der Waals surface area contributed by atoms with Crippen molar-refractivity contribution < 1.29 is 9.53 Å². The van der Waals surface area contributed by atoms with Crippen molar-refractivity contribution in [2.75, 3.05) is 13.2 Å². The Labute approximate surface area is 114 Å². The van der Waals surface area contributed by atoms with E-state index in [2.05, 4.69) is 17.6 Å². The van der Waals surface area contributed by atoms with Gasteiger partial charge in [-0.2, -0.15) is 0 Å². The molecule has 0 aliphatic carbocycles. The van der Waals surface area contributed by atoms with Crippen molar-refractivity contribution in [3.05, 3.63) is 29.8 Å². The van der Waals surface area contributed by atoms with Crippen LogP contribution in [-0.2, 0) is 11.3 Å². The highest BCUT2D eigenvalue weighted by Crippen LogP contribution is 2.16. The fourth-order valence-electron chi connectivity index (χ4n) is 2.45. The fourth-order valence-corrected chi connectivity index (χ4v) is 2.45. The van der Waals surface area contributed by atoms with Gasteiger partial charge < -0.3 is 15.4 Å². The summed E-state index contributed by atoms with van der Waals surface area (Å²) in [5.74, 6) is 1.08. The van der Waals surface area contributed by atoms with Crippen molar-refractivity contribution in [1.29, 1.82) is 0 Å². The lowest BCUT2D eigenvalue weighted by atomic mass is 10.0. The molecule has 104 valence electrons. The summed E-state index contributed by atoms with van der Waals surface area (Å²) < 4.78 is 5.45. The van der Waals surface area contributed by atoms with Crippen LogP contribution in [0.25, 0.3) is 0 Å². The van der Waals surface area contributed by atoms with E-state index in [1.807, 2.05) is 31.2 Å². The number of benzene rings is 1. The molecule has 2 unspecified atom stereocenters. The van der Waals surface area contributed by atoms with Gasteiger partial charge >= 0.3 is 0 Å². The van der Waals surface area contributed by atoms with E-state index < -0.39 is 0 Å². The first-order chi connectivity index (χ1) is 9.20. The molecule has 1 aliphatic heterocycles. The van der Waals surface area contributed by atoms with Gasteiger partial charge in [-0.25, -0.2) is 0 Å². The summed E-state index contributed by atoms with van der Waals surface area (Å²) in [6.45, 7) is 6.17. The van der Waals surface area contributed by atoms with Crippen molar-refractivity contribution >= 4 is 5.91 Å². The van der Waals surface area contributed by atoms with Crippen molar-refractivity contribution in [1.82, 2.24) is 10.6 Å². The molecule has 0 aromatic heterocycles. The van der Waals surface area contributed by atoms with E-state index in [9.17, 15) is 4.79 Å². The van der Waals surface area contributed by atoms with Crippen molar-refractivity contribution in [3.63, 3.8) is 0 Å². The number of carbonyl (C=O) groups excluding carboxylic acids is 1. The van der Waals surface area contributed by atoms with Gasteiger partial charge in [-0.3, -0.25) is 4.79 Å². The lowest BCUT2D eigenvalue weighted by molar-refractivity contribution is -0.125. The topological polar surface area (TPSA) is 50.4 Å². The molecule has 1 saturated heterocycles. The lowest BCUT2D eigenvalue weighted by Crippen LogP contribution is -2.36. The molecule has 1 fully saturated rings. The lowest BCUT2D eigenvalue weighted by Gasteiger charge is -2.15. The van der Waals surface area contributed by atoms with E-state index in [1.54, 1.807) is 0 Å². The molecule has 4 heteroatoms. The Bertz CT molecular complexity index is 434. The SMILES string of the molecule is CCOc1cccc(CNC(=O)C2CCNC2C)c1. The maximum Gasteiger partial charge on any atom is 0.224 e. The van der Waals surface area contributed by atoms with E-state index in [1.165, 1.54) is 0 Å². The molecule has 2 N–H and O–H groups in total. The number of nitrogens with one attached hydrogen (secondary N) is 2. The standard InChI is InChI=1S/C15H22N2O2/c1-3-19-13-6-4-5-12(9-13)10-17-15(18)14-7-8-16-11(14)2/h4-6,9,11,14,16H,3,7-8,10H2,1-2H3,(H,17,18). The molecule has 0 bridgehead atoms. The number of hydrogen-bond donors (Lipinski definition) is 2. The van der Waals surface area contributed by atoms with Crippen LogP contribution in [0.15, 0.2) is 24.3 Å². The Morgan fingerprint density at radius 2 is 2.37 bits per heavy atom. The molecule has 1 aromatic rings. The van der Waals surface area contributed by atoms with Gasteiger partial charge in [0.15, 0.2) is 0 Å². The van der Waals surface area contributed by atoms with Crippen LogP contribution in [0.1, 0.15) is 25.8 Å². The minimum Gasteiger partial charge on any atom is -0.494 e. The van der Waals surface area contributed by atoms with E-state index in [-0.39, 0.29) is 17.9 Å². The first-order valence-electron chi connectivity index (χ1n) is 6.93. The van der Waals surface area contributed by atoms with E-state index in [0.29, 0.717) is 13.2 Å². The summed E-state index contributed by atoms with van der Waals surface area (Å²) in [5, 5.41) is 6.30. The Hall–Kier alpha value is -1.55. The minimum absolute atomic E-state index is 0.0927. The second-order valence-electron chi connectivity index (χ2n) is 4.94. The normalized spacial score (nSPS) is 22.2. The molecular formula is C15H22N2O2. The Morgan fingerprint density at radius 3 is 3.05 bits per heavy atom. The van der Waals surface area contributed by atoms with Gasteiger partial charge in [-0.15, -0.1) is 0 Å². The van der Waals surface area contributed by atoms with Crippen LogP contribution in [0.3, 0.4) is 0 Å². The van der Waals surface area contributed by atoms with Crippen LogP contribution in [0, 0.1) is 5.92 Å². The van der Waals surface area contributed by atoms with Gasteiger partial charge in [0.05, 0.1) is 12.5 Å². The average Bonchev–Trinajstić information content (AvgIpc) is 2.83. The van der Waals surface area contributed by atoms with Gasteiger partial charge in [0.25, 0.3) is 0 Å². The largest absolute Gasteiger partial charge is 0.494 e. The summed E-state index contributed by atoms with van der Waals surface area (Å²) in [6, 6.07) is 8.12. The van der Waals surface area contributed by atoms with Crippen molar-refractivity contribution in [2.24, 2.45) is 5.92 Å². The monoisotopic (exact) mass is 262 g/mol. The van der Waals surface area contributed by atoms with Crippen LogP contribution in [0.2, 0.25) is 0 Å². The molecule has 19 heavy (non-hydrogen) atoms. The molecule has 2 atom stereocenters. The number of ether oxygens (including phenoxy) is 1. The quantitative estimate of drug-likeness (QED) is 0.849. The predicted octanol–water partition coefficient (Wildman–Crippen LogP) is 1.70. The van der Waals surface area contributed by atoms with E-state index in [0.717, 1.165) is 24.3 Å². The Kier molecular flexibility index (Phi) is 4.80.